The van der Waals surface area contributed by atoms with E-state index in [2.05, 4.69) is 13.8 Å². The maximum atomic E-state index is 13.0. The second kappa shape index (κ2) is 6.37. The highest BCUT2D eigenvalue weighted by molar-refractivity contribution is 6.12. The Morgan fingerprint density at radius 2 is 2.24 bits per heavy atom. The van der Waals surface area contributed by atoms with Crippen molar-refractivity contribution in [1.29, 1.82) is 0 Å². The predicted octanol–water partition coefficient (Wildman–Crippen LogP) is 1.98. The maximum absolute atomic E-state index is 13.0. The molecule has 1 heterocycles. The first-order valence-corrected chi connectivity index (χ1v) is 6.71. The van der Waals surface area contributed by atoms with Crippen molar-refractivity contribution < 1.29 is 32.5 Å². The first kappa shape index (κ1) is 15.7. The van der Waals surface area contributed by atoms with Crippen LogP contribution in [-0.4, -0.2) is 41.6 Å². The molecule has 9 heteroatoms. The molecule has 0 aromatic heterocycles. The van der Waals surface area contributed by atoms with Crippen molar-refractivity contribution in [2.24, 2.45) is 0 Å². The lowest BCUT2D eigenvalue weighted by molar-refractivity contribution is -0.287. The zero-order valence-corrected chi connectivity index (χ0v) is 12.3. The lowest BCUT2D eigenvalue weighted by Crippen LogP contribution is -2.30. The largest absolute Gasteiger partial charge is 0.586 e. The molecule has 1 aliphatic heterocycles. The molecule has 21 heavy (non-hydrogen) atoms. The number of rotatable bonds is 5. The molecule has 6 nitrogen and oxygen atoms in total. The van der Waals surface area contributed by atoms with Gasteiger partial charge in [-0.3, -0.25) is 0 Å². The Morgan fingerprint density at radius 1 is 1.48 bits per heavy atom. The van der Waals surface area contributed by atoms with Gasteiger partial charge >= 0.3 is 28.9 Å². The summed E-state index contributed by atoms with van der Waals surface area (Å²) < 4.78 is 47.4. The maximum Gasteiger partial charge on any atom is 0.586 e. The molecular weight excluding hydrogens is 303 g/mol. The highest BCUT2D eigenvalue weighted by atomic mass is 27.1. The van der Waals surface area contributed by atoms with Gasteiger partial charge < -0.3 is 23.2 Å². The van der Waals surface area contributed by atoms with E-state index in [1.807, 2.05) is 16.5 Å². The minimum absolute atomic E-state index is 0.0000283. The number of carbonyl (C=O) groups is 1. The summed E-state index contributed by atoms with van der Waals surface area (Å²) in [7, 11) is 0. The van der Waals surface area contributed by atoms with Gasteiger partial charge in [-0.1, -0.05) is 13.0 Å². The number of carbonyl (C=O) groups excluding carboxylic acids is 1. The molecule has 1 unspecified atom stereocenters. The molecule has 112 valence electrons. The number of nitrogens with one attached hydrogen (secondary N) is 1. The van der Waals surface area contributed by atoms with E-state index in [9.17, 15) is 13.6 Å². The fourth-order valence-electron chi connectivity index (χ4n) is 1.66. The molecule has 0 saturated carbocycles. The van der Waals surface area contributed by atoms with Crippen molar-refractivity contribution in [2.75, 3.05) is 6.61 Å². The highest BCUT2D eigenvalue weighted by Crippen LogP contribution is 2.46. The fourth-order valence-corrected chi connectivity index (χ4v) is 1.73. The third-order valence-electron chi connectivity index (χ3n) is 2.66. The highest BCUT2D eigenvalue weighted by Gasteiger charge is 2.45. The van der Waals surface area contributed by atoms with Crippen molar-refractivity contribution in [3.05, 3.63) is 18.2 Å². The van der Waals surface area contributed by atoms with Crippen LogP contribution in [0.2, 0.25) is 0 Å². The molecule has 0 bridgehead atoms. The number of hydrogen-bond donors (Lipinski definition) is 1. The molecule has 1 atom stereocenters. The van der Waals surface area contributed by atoms with Crippen LogP contribution in [0.4, 0.5) is 13.6 Å². The van der Waals surface area contributed by atoms with Crippen molar-refractivity contribution in [3.8, 4) is 17.2 Å². The van der Waals surface area contributed by atoms with E-state index < -0.39 is 18.5 Å². The molecule has 0 spiro atoms. The topological polar surface area (TPSA) is 66.0 Å². The summed E-state index contributed by atoms with van der Waals surface area (Å²) in [5, 5.41) is 0. The van der Waals surface area contributed by atoms with Crippen LogP contribution in [0, 0.1) is 0 Å². The van der Waals surface area contributed by atoms with Gasteiger partial charge in [0, 0.05) is 0 Å². The number of fused-ring (bicyclic) bond motifs is 1. The molecule has 1 aromatic carbocycles. The number of para-hydroxylation sites is 1. The summed E-state index contributed by atoms with van der Waals surface area (Å²) in [5.74, 6) is -0.181. The van der Waals surface area contributed by atoms with Gasteiger partial charge in [0.15, 0.2) is 11.5 Å². The zero-order chi connectivity index (χ0) is 15.5. The van der Waals surface area contributed by atoms with Crippen LogP contribution >= 0.6 is 0 Å². The quantitative estimate of drug-likeness (QED) is 0.842. The van der Waals surface area contributed by atoms with E-state index in [0.717, 1.165) is 0 Å². The molecule has 1 amide bonds. The molecule has 1 aromatic rings. The Bertz CT molecular complexity index is 528. The number of amides is 1. The van der Waals surface area contributed by atoms with Gasteiger partial charge in [0.1, 0.15) is 12.7 Å². The average Bonchev–Trinajstić information content (AvgIpc) is 2.77. The van der Waals surface area contributed by atoms with E-state index in [1.54, 1.807) is 6.92 Å². The monoisotopic (exact) mass is 315 g/mol. The summed E-state index contributed by atoms with van der Waals surface area (Å²) in [4.78, 5) is 11.1. The van der Waals surface area contributed by atoms with E-state index in [4.69, 9.17) is 9.47 Å². The minimum Gasteiger partial charge on any atom is -0.486 e. The molecule has 0 fully saturated rings. The third kappa shape index (κ3) is 3.89. The summed E-state index contributed by atoms with van der Waals surface area (Å²) in [6.45, 7) is 1.80. The van der Waals surface area contributed by atoms with Crippen LogP contribution in [-0.2, 0) is 4.74 Å². The lowest BCUT2D eigenvalue weighted by Gasteiger charge is -2.17. The Balaban J connectivity index is 2.01. The normalized spacial score (nSPS) is 16.1. The summed E-state index contributed by atoms with van der Waals surface area (Å²) in [6, 6.07) is 4.31. The Kier molecular flexibility index (Phi) is 4.75. The summed E-state index contributed by atoms with van der Waals surface area (Å²) in [5.41, 5.74) is 0. The van der Waals surface area contributed by atoms with Crippen LogP contribution in [0.5, 0.6) is 17.2 Å². The number of benzene rings is 1. The lowest BCUT2D eigenvalue weighted by atomic mass is 10.3. The van der Waals surface area contributed by atoms with E-state index in [0.29, 0.717) is 6.42 Å². The van der Waals surface area contributed by atoms with E-state index >= 15 is 0 Å². The summed E-state index contributed by atoms with van der Waals surface area (Å²) >= 11 is 2.01. The van der Waals surface area contributed by atoms with Gasteiger partial charge in [0.25, 0.3) is 0 Å². The fraction of sp³-hybridized carbons (Fsp3) is 0.417. The van der Waals surface area contributed by atoms with Gasteiger partial charge in [-0.25, -0.2) is 4.79 Å². The van der Waals surface area contributed by atoms with Crippen molar-refractivity contribution >= 4 is 22.6 Å². The van der Waals surface area contributed by atoms with Crippen molar-refractivity contribution in [2.45, 2.75) is 25.7 Å². The second-order valence-electron chi connectivity index (χ2n) is 4.14. The van der Waals surface area contributed by atoms with Crippen molar-refractivity contribution in [1.82, 2.24) is 4.30 Å². The van der Waals surface area contributed by atoms with Crippen LogP contribution in [0.15, 0.2) is 18.2 Å². The van der Waals surface area contributed by atoms with Crippen LogP contribution < -0.4 is 18.5 Å². The van der Waals surface area contributed by atoms with Gasteiger partial charge in [0.05, 0.1) is 0 Å². The van der Waals surface area contributed by atoms with Crippen LogP contribution in [0.1, 0.15) is 13.3 Å². The minimum atomic E-state index is -3.71. The van der Waals surface area contributed by atoms with Gasteiger partial charge in [-0.05, 0) is 18.6 Å². The van der Waals surface area contributed by atoms with Crippen molar-refractivity contribution in [3.63, 3.8) is 0 Å². The SMILES string of the molecule is CCC(COc1cccc2c1OC(F)(F)O2)OC(=O)[NH][Al]. The first-order chi connectivity index (χ1) is 9.95. The summed E-state index contributed by atoms with van der Waals surface area (Å²) in [6.07, 6.45) is -4.35. The molecule has 2 rings (SSSR count). The molecule has 2 radical (unpaired) electrons. The van der Waals surface area contributed by atoms with Crippen LogP contribution in [0.25, 0.3) is 0 Å². The second-order valence-corrected chi connectivity index (χ2v) is 4.43. The molecular formula is C12H12AlF2NO5. The Labute approximate surface area is 127 Å². The van der Waals surface area contributed by atoms with Gasteiger partial charge in [0.2, 0.25) is 5.75 Å². The Hall–Kier alpha value is -1.72. The Morgan fingerprint density at radius 3 is 2.90 bits per heavy atom. The molecule has 1 N–H and O–H groups in total. The van der Waals surface area contributed by atoms with E-state index in [1.165, 1.54) is 18.2 Å². The molecule has 1 aliphatic rings. The van der Waals surface area contributed by atoms with Gasteiger partial charge in [-0.15, -0.1) is 8.78 Å². The number of alkyl halides is 2. The molecule has 0 aliphatic carbocycles. The molecule has 0 saturated heterocycles. The number of hydrogen-bond acceptors (Lipinski definition) is 5. The van der Waals surface area contributed by atoms with E-state index in [-0.39, 0.29) is 23.9 Å². The third-order valence-corrected chi connectivity index (χ3v) is 2.90. The average molecular weight is 315 g/mol. The van der Waals surface area contributed by atoms with Gasteiger partial charge in [-0.2, -0.15) is 0 Å². The predicted molar refractivity (Wildman–Crippen MR) is 67.6 cm³/mol. The first-order valence-electron chi connectivity index (χ1n) is 6.14. The standard InChI is InChI=1S/C12H13F2NO5.Al/c1-2-7(18-11(15)16)6-17-8-4-3-5-9-10(8)20-12(13,14)19-9;/h3-5,7H,2,6H2,1H3,(H2,15,16);/q;+1/p-1. The smallest absolute Gasteiger partial charge is 0.486 e. The zero-order valence-electron chi connectivity index (χ0n) is 11.1. The van der Waals surface area contributed by atoms with Crippen LogP contribution in [0.3, 0.4) is 0 Å². The number of ether oxygens (including phenoxy) is 4. The number of halogens is 2.